The summed E-state index contributed by atoms with van der Waals surface area (Å²) in [6, 6.07) is 83.1. The van der Waals surface area contributed by atoms with E-state index in [1.807, 2.05) is 0 Å². The van der Waals surface area contributed by atoms with Gasteiger partial charge in [-0.05, 0) is 93.5 Å². The molecular formula is C54H38N2. The van der Waals surface area contributed by atoms with Crippen molar-refractivity contribution in [1.82, 2.24) is 4.57 Å². The lowest BCUT2D eigenvalue weighted by atomic mass is 9.94. The molecule has 1 aromatic heterocycles. The Labute approximate surface area is 327 Å². The highest BCUT2D eigenvalue weighted by Crippen LogP contribution is 2.47. The molecule has 0 fully saturated rings. The smallest absolute Gasteiger partial charge is 0.0562 e. The van der Waals surface area contributed by atoms with Crippen molar-refractivity contribution in [1.29, 1.82) is 0 Å². The first-order valence-electron chi connectivity index (χ1n) is 19.2. The van der Waals surface area contributed by atoms with Crippen LogP contribution >= 0.6 is 0 Å². The van der Waals surface area contributed by atoms with Gasteiger partial charge in [0.15, 0.2) is 0 Å². The van der Waals surface area contributed by atoms with Crippen LogP contribution in [-0.4, -0.2) is 4.57 Å². The number of benzene rings is 9. The van der Waals surface area contributed by atoms with E-state index in [9.17, 15) is 0 Å². The molecule has 9 aromatic carbocycles. The molecule has 2 nitrogen and oxygen atoms in total. The van der Waals surface area contributed by atoms with Crippen LogP contribution in [0.25, 0.3) is 72.0 Å². The van der Waals surface area contributed by atoms with E-state index < -0.39 is 0 Å². The summed E-state index contributed by atoms with van der Waals surface area (Å²) in [5.41, 5.74) is 16.3. The van der Waals surface area contributed by atoms with Crippen LogP contribution in [0.1, 0.15) is 0 Å². The molecule has 0 saturated heterocycles. The van der Waals surface area contributed by atoms with Crippen LogP contribution in [0, 0.1) is 0 Å². The number of fused-ring (bicyclic) bond motifs is 3. The Balaban J connectivity index is 1.21. The fourth-order valence-electron chi connectivity index (χ4n) is 8.26. The molecule has 0 spiro atoms. The lowest BCUT2D eigenvalue weighted by molar-refractivity contribution is 1.18. The number of aromatic nitrogens is 1. The monoisotopic (exact) mass is 714 g/mol. The zero-order valence-corrected chi connectivity index (χ0v) is 30.8. The van der Waals surface area contributed by atoms with Gasteiger partial charge in [-0.3, -0.25) is 0 Å². The van der Waals surface area contributed by atoms with Gasteiger partial charge in [-0.15, -0.1) is 0 Å². The first-order chi connectivity index (χ1) is 27.8. The summed E-state index contributed by atoms with van der Waals surface area (Å²) >= 11 is 0. The Bertz CT molecular complexity index is 2950. The van der Waals surface area contributed by atoms with E-state index in [0.29, 0.717) is 0 Å². The molecule has 0 saturated carbocycles. The van der Waals surface area contributed by atoms with Gasteiger partial charge in [-0.25, -0.2) is 0 Å². The zero-order valence-electron chi connectivity index (χ0n) is 30.8. The summed E-state index contributed by atoms with van der Waals surface area (Å²) < 4.78 is 2.43. The molecular weight excluding hydrogens is 677 g/mol. The third-order valence-corrected chi connectivity index (χ3v) is 10.8. The van der Waals surface area contributed by atoms with Gasteiger partial charge in [0.1, 0.15) is 0 Å². The maximum Gasteiger partial charge on any atom is 0.0562 e. The molecule has 56 heavy (non-hydrogen) atoms. The number of hydrogen-bond donors (Lipinski definition) is 0. The molecule has 0 aliphatic carbocycles. The number of para-hydroxylation sites is 2. The minimum atomic E-state index is 1.10. The van der Waals surface area contributed by atoms with Gasteiger partial charge < -0.3 is 9.47 Å². The highest BCUT2D eigenvalue weighted by atomic mass is 15.2. The van der Waals surface area contributed by atoms with Gasteiger partial charge in [0.05, 0.1) is 22.4 Å². The fourth-order valence-corrected chi connectivity index (χ4v) is 8.26. The highest BCUT2D eigenvalue weighted by Gasteiger charge is 2.23. The molecule has 0 unspecified atom stereocenters. The largest absolute Gasteiger partial charge is 0.309 e. The molecule has 0 bridgehead atoms. The molecule has 10 aromatic rings. The second-order valence-corrected chi connectivity index (χ2v) is 14.1. The SMILES string of the molecule is c1ccc(-c2ccc(N(c3ccccc3)c3cccc4c3c3ccccc3n4-c3cccc(-c4ccccc4-c4ccccc4)c3)c(-c3ccccc3)c2)cc1. The molecule has 0 atom stereocenters. The van der Waals surface area contributed by atoms with E-state index >= 15 is 0 Å². The van der Waals surface area contributed by atoms with E-state index in [-0.39, 0.29) is 0 Å². The van der Waals surface area contributed by atoms with Crippen LogP contribution in [0.5, 0.6) is 0 Å². The van der Waals surface area contributed by atoms with Crippen molar-refractivity contribution in [2.45, 2.75) is 0 Å². The van der Waals surface area contributed by atoms with Crippen molar-refractivity contribution < 1.29 is 0 Å². The Kier molecular flexibility index (Phi) is 8.55. The highest BCUT2D eigenvalue weighted by molar-refractivity contribution is 6.17. The topological polar surface area (TPSA) is 8.17 Å². The second-order valence-electron chi connectivity index (χ2n) is 14.1. The lowest BCUT2D eigenvalue weighted by Crippen LogP contribution is -2.11. The number of hydrogen-bond acceptors (Lipinski definition) is 1. The van der Waals surface area contributed by atoms with Crippen molar-refractivity contribution in [2.24, 2.45) is 0 Å². The zero-order chi connectivity index (χ0) is 37.3. The number of nitrogens with zero attached hydrogens (tertiary/aromatic N) is 2. The van der Waals surface area contributed by atoms with Crippen LogP contribution in [0.2, 0.25) is 0 Å². The fraction of sp³-hybridized carbons (Fsp3) is 0. The van der Waals surface area contributed by atoms with Crippen LogP contribution < -0.4 is 4.90 Å². The van der Waals surface area contributed by atoms with Crippen LogP contribution in [0.15, 0.2) is 231 Å². The Morgan fingerprint density at radius 3 is 1.55 bits per heavy atom. The quantitative estimate of drug-likeness (QED) is 0.152. The number of anilines is 3. The molecule has 1 heterocycles. The first-order valence-corrected chi connectivity index (χ1v) is 19.2. The Morgan fingerprint density at radius 1 is 0.304 bits per heavy atom. The van der Waals surface area contributed by atoms with Crippen LogP contribution in [-0.2, 0) is 0 Å². The standard InChI is InChI=1S/C54H38N2/c1-5-19-39(20-6-1)42-35-36-51(49(38-42)41-23-9-3-10-24-41)55(44-26-11-4-12-27-44)52-33-18-34-53-54(52)48-31-15-16-32-50(48)56(53)45-28-17-25-43(37-45)47-30-14-13-29-46(47)40-21-7-2-8-22-40/h1-38H. The van der Waals surface area contributed by atoms with E-state index in [1.54, 1.807) is 0 Å². The molecule has 2 heteroatoms. The second kappa shape index (κ2) is 14.4. The lowest BCUT2D eigenvalue weighted by Gasteiger charge is -2.29. The summed E-state index contributed by atoms with van der Waals surface area (Å²) in [5, 5.41) is 2.41. The Hall–Kier alpha value is -7.42. The van der Waals surface area contributed by atoms with Gasteiger partial charge in [0, 0.05) is 27.7 Å². The minimum absolute atomic E-state index is 1.10. The van der Waals surface area contributed by atoms with Gasteiger partial charge >= 0.3 is 0 Å². The summed E-state index contributed by atoms with van der Waals surface area (Å²) in [5.74, 6) is 0. The molecule has 0 aliphatic rings. The molecule has 264 valence electrons. The minimum Gasteiger partial charge on any atom is -0.309 e. The maximum absolute atomic E-state index is 2.45. The Morgan fingerprint density at radius 2 is 0.839 bits per heavy atom. The first kappa shape index (κ1) is 33.2. The summed E-state index contributed by atoms with van der Waals surface area (Å²) in [6.45, 7) is 0. The van der Waals surface area contributed by atoms with Gasteiger partial charge in [-0.2, -0.15) is 0 Å². The number of rotatable bonds is 8. The summed E-state index contributed by atoms with van der Waals surface area (Å²) in [4.78, 5) is 2.45. The average Bonchev–Trinajstić information content (AvgIpc) is 3.63. The normalized spacial score (nSPS) is 11.2. The van der Waals surface area contributed by atoms with E-state index in [4.69, 9.17) is 0 Å². The maximum atomic E-state index is 2.45. The molecule has 0 amide bonds. The third-order valence-electron chi connectivity index (χ3n) is 10.8. The molecule has 10 rings (SSSR count). The van der Waals surface area contributed by atoms with Crippen molar-refractivity contribution in [2.75, 3.05) is 4.90 Å². The van der Waals surface area contributed by atoms with Crippen molar-refractivity contribution >= 4 is 38.9 Å². The average molecular weight is 715 g/mol. The van der Waals surface area contributed by atoms with Crippen molar-refractivity contribution in [3.63, 3.8) is 0 Å². The summed E-state index contributed by atoms with van der Waals surface area (Å²) in [6.07, 6.45) is 0. The third kappa shape index (κ3) is 5.95. The van der Waals surface area contributed by atoms with E-state index in [0.717, 1.165) is 28.3 Å². The molecule has 0 radical (unpaired) electrons. The molecule has 0 aliphatic heterocycles. The van der Waals surface area contributed by atoms with Crippen LogP contribution in [0.3, 0.4) is 0 Å². The van der Waals surface area contributed by atoms with Gasteiger partial charge in [-0.1, -0.05) is 176 Å². The predicted molar refractivity (Wildman–Crippen MR) is 237 cm³/mol. The van der Waals surface area contributed by atoms with Crippen LogP contribution in [0.4, 0.5) is 17.1 Å². The van der Waals surface area contributed by atoms with Gasteiger partial charge in [0.25, 0.3) is 0 Å². The predicted octanol–water partition coefficient (Wildman–Crippen LogP) is 14.9. The summed E-state index contributed by atoms with van der Waals surface area (Å²) in [7, 11) is 0. The van der Waals surface area contributed by atoms with Crippen molar-refractivity contribution in [3.05, 3.63) is 231 Å². The van der Waals surface area contributed by atoms with E-state index in [1.165, 1.54) is 60.8 Å². The molecule has 0 N–H and O–H groups in total. The van der Waals surface area contributed by atoms with Gasteiger partial charge in [0.2, 0.25) is 0 Å². The van der Waals surface area contributed by atoms with Crippen molar-refractivity contribution in [3.8, 4) is 50.2 Å². The van der Waals surface area contributed by atoms with E-state index in [2.05, 4.69) is 240 Å².